The van der Waals surface area contributed by atoms with E-state index in [1.807, 2.05) is 6.08 Å². The van der Waals surface area contributed by atoms with Crippen LogP contribution in [0.3, 0.4) is 0 Å². The molecule has 0 N–H and O–H groups in total. The van der Waals surface area contributed by atoms with Crippen LogP contribution in [-0.4, -0.2) is 37.2 Å². The van der Waals surface area contributed by atoms with Gasteiger partial charge in [0, 0.05) is 19.3 Å². The summed E-state index contributed by atoms with van der Waals surface area (Å²) < 4.78 is 16.7. The van der Waals surface area contributed by atoms with Crippen LogP contribution in [0.5, 0.6) is 0 Å². The zero-order valence-corrected chi connectivity index (χ0v) is 41.1. The maximum absolute atomic E-state index is 12.8. The van der Waals surface area contributed by atoms with Gasteiger partial charge in [0.05, 0.1) is 0 Å². The van der Waals surface area contributed by atoms with Crippen LogP contribution >= 0.6 is 0 Å². The molecule has 1 unspecified atom stereocenters. The van der Waals surface area contributed by atoms with Gasteiger partial charge < -0.3 is 14.2 Å². The molecule has 0 bridgehead atoms. The zero-order chi connectivity index (χ0) is 45.8. The standard InChI is InChI=1S/C57H96O6/c1-4-7-10-13-16-19-22-25-27-28-30-32-35-38-41-44-47-50-56(59)62-53-54(52-61-55(58)49-46-43-40-37-34-31-24-21-18-15-12-9-6-3)63-57(60)51-48-45-42-39-36-33-29-26-23-20-17-14-11-8-5-2/h17,20,23,25-27,30-32,34,38,40-41,43,54H,4-16,18-19,21-22,24,28-29,33,35-37,39,42,44-53H2,1-3H3/b20-17-,26-23-,27-25-,32-30-,34-31-,41-38-,43-40-. The predicted octanol–water partition coefficient (Wildman–Crippen LogP) is 17.2. The van der Waals surface area contributed by atoms with Crippen LogP contribution in [0.15, 0.2) is 85.1 Å². The number of ether oxygens (including phenoxy) is 3. The number of carbonyl (C=O) groups excluding carboxylic acids is 3. The van der Waals surface area contributed by atoms with Crippen molar-refractivity contribution in [1.29, 1.82) is 0 Å². The molecular formula is C57H96O6. The van der Waals surface area contributed by atoms with Gasteiger partial charge in [-0.05, 0) is 96.3 Å². The summed E-state index contributed by atoms with van der Waals surface area (Å²) in [5.41, 5.74) is 0. The van der Waals surface area contributed by atoms with Crippen molar-refractivity contribution in [2.24, 2.45) is 0 Å². The Labute approximate surface area is 388 Å². The highest BCUT2D eigenvalue weighted by Gasteiger charge is 2.19. The van der Waals surface area contributed by atoms with Crippen molar-refractivity contribution in [1.82, 2.24) is 0 Å². The van der Waals surface area contributed by atoms with E-state index in [1.54, 1.807) is 0 Å². The summed E-state index contributed by atoms with van der Waals surface area (Å²) in [7, 11) is 0. The van der Waals surface area contributed by atoms with Crippen LogP contribution < -0.4 is 0 Å². The molecule has 0 heterocycles. The lowest BCUT2D eigenvalue weighted by Gasteiger charge is -2.18. The predicted molar refractivity (Wildman–Crippen MR) is 270 cm³/mol. The first-order chi connectivity index (χ1) is 31.0. The van der Waals surface area contributed by atoms with Gasteiger partial charge in [-0.2, -0.15) is 0 Å². The van der Waals surface area contributed by atoms with E-state index < -0.39 is 6.10 Å². The van der Waals surface area contributed by atoms with Gasteiger partial charge in [-0.3, -0.25) is 14.4 Å². The molecule has 0 amide bonds. The lowest BCUT2D eigenvalue weighted by atomic mass is 10.1. The van der Waals surface area contributed by atoms with E-state index in [0.717, 1.165) is 64.2 Å². The summed E-state index contributed by atoms with van der Waals surface area (Å²) in [5.74, 6) is -1.05. The molecular weight excluding hydrogens is 781 g/mol. The lowest BCUT2D eigenvalue weighted by Crippen LogP contribution is -2.30. The Hall–Kier alpha value is -3.41. The molecule has 0 rings (SSSR count). The minimum absolute atomic E-state index is 0.125. The minimum Gasteiger partial charge on any atom is -0.462 e. The van der Waals surface area contributed by atoms with E-state index >= 15 is 0 Å². The number of hydrogen-bond donors (Lipinski definition) is 0. The third kappa shape index (κ3) is 49.5. The fourth-order valence-corrected chi connectivity index (χ4v) is 6.91. The Kier molecular flexibility index (Phi) is 48.5. The van der Waals surface area contributed by atoms with Crippen LogP contribution in [0.2, 0.25) is 0 Å². The van der Waals surface area contributed by atoms with Gasteiger partial charge in [-0.1, -0.05) is 209 Å². The van der Waals surface area contributed by atoms with Crippen molar-refractivity contribution >= 4 is 17.9 Å². The summed E-state index contributed by atoms with van der Waals surface area (Å²) in [6.07, 6.45) is 65.8. The lowest BCUT2D eigenvalue weighted by molar-refractivity contribution is -0.166. The minimum atomic E-state index is -0.825. The quantitative estimate of drug-likeness (QED) is 0.0199. The van der Waals surface area contributed by atoms with Crippen LogP contribution in [0.25, 0.3) is 0 Å². The molecule has 6 heteroatoms. The van der Waals surface area contributed by atoms with Crippen molar-refractivity contribution < 1.29 is 28.6 Å². The smallest absolute Gasteiger partial charge is 0.306 e. The van der Waals surface area contributed by atoms with Gasteiger partial charge in [0.2, 0.25) is 0 Å². The van der Waals surface area contributed by atoms with E-state index in [9.17, 15) is 14.4 Å². The third-order valence-electron chi connectivity index (χ3n) is 10.9. The molecule has 0 saturated heterocycles. The topological polar surface area (TPSA) is 78.9 Å². The first-order valence-corrected chi connectivity index (χ1v) is 26.1. The fraction of sp³-hybridized carbons (Fsp3) is 0.702. The Morgan fingerprint density at radius 2 is 0.667 bits per heavy atom. The monoisotopic (exact) mass is 877 g/mol. The van der Waals surface area contributed by atoms with Gasteiger partial charge in [-0.15, -0.1) is 0 Å². The number of unbranched alkanes of at least 4 members (excludes halogenated alkanes) is 22. The van der Waals surface area contributed by atoms with E-state index in [2.05, 4.69) is 99.8 Å². The molecule has 0 aromatic rings. The number of hydrogen-bond acceptors (Lipinski definition) is 6. The van der Waals surface area contributed by atoms with E-state index in [-0.39, 0.29) is 44.0 Å². The highest BCUT2D eigenvalue weighted by molar-refractivity contribution is 5.71. The Balaban J connectivity index is 4.54. The van der Waals surface area contributed by atoms with E-state index in [0.29, 0.717) is 19.3 Å². The maximum atomic E-state index is 12.8. The molecule has 0 fully saturated rings. The SMILES string of the molecule is CCCCC/C=C\C=C/CCCCCCCCC(=O)OC(COC(=O)CC/C=C\C/C=C\CCCCCCCC)COC(=O)CCC/C=C\C/C=C\C/C=C\CCCCCCCC. The summed E-state index contributed by atoms with van der Waals surface area (Å²) in [5, 5.41) is 0. The highest BCUT2D eigenvalue weighted by Crippen LogP contribution is 2.12. The van der Waals surface area contributed by atoms with Crippen molar-refractivity contribution in [3.8, 4) is 0 Å². The second-order valence-electron chi connectivity index (χ2n) is 17.1. The molecule has 0 radical (unpaired) electrons. The molecule has 0 aliphatic heterocycles. The van der Waals surface area contributed by atoms with Crippen LogP contribution in [0.1, 0.15) is 239 Å². The molecule has 360 valence electrons. The van der Waals surface area contributed by atoms with Crippen molar-refractivity contribution in [3.05, 3.63) is 85.1 Å². The van der Waals surface area contributed by atoms with Crippen LogP contribution in [0, 0.1) is 0 Å². The Morgan fingerprint density at radius 3 is 1.16 bits per heavy atom. The van der Waals surface area contributed by atoms with Crippen molar-refractivity contribution in [2.75, 3.05) is 13.2 Å². The Morgan fingerprint density at radius 1 is 0.333 bits per heavy atom. The molecule has 0 aromatic heterocycles. The molecule has 0 aromatic carbocycles. The van der Waals surface area contributed by atoms with Gasteiger partial charge in [-0.25, -0.2) is 0 Å². The van der Waals surface area contributed by atoms with Crippen molar-refractivity contribution in [3.63, 3.8) is 0 Å². The largest absolute Gasteiger partial charge is 0.462 e. The number of carbonyl (C=O) groups is 3. The summed E-state index contributed by atoms with van der Waals surface area (Å²) >= 11 is 0. The highest BCUT2D eigenvalue weighted by atomic mass is 16.6. The van der Waals surface area contributed by atoms with Crippen LogP contribution in [0.4, 0.5) is 0 Å². The van der Waals surface area contributed by atoms with Gasteiger partial charge in [0.15, 0.2) is 6.10 Å². The number of allylic oxidation sites excluding steroid dienone is 14. The Bertz CT molecular complexity index is 1240. The first-order valence-electron chi connectivity index (χ1n) is 26.1. The van der Waals surface area contributed by atoms with Crippen molar-refractivity contribution in [2.45, 2.75) is 245 Å². The molecule has 63 heavy (non-hydrogen) atoms. The normalized spacial score (nSPS) is 12.7. The molecule has 0 aliphatic carbocycles. The van der Waals surface area contributed by atoms with Gasteiger partial charge in [0.25, 0.3) is 0 Å². The summed E-state index contributed by atoms with van der Waals surface area (Å²) in [4.78, 5) is 37.9. The maximum Gasteiger partial charge on any atom is 0.306 e. The summed E-state index contributed by atoms with van der Waals surface area (Å²) in [6, 6.07) is 0. The molecule has 0 spiro atoms. The second kappa shape index (κ2) is 51.2. The average molecular weight is 877 g/mol. The number of esters is 3. The average Bonchev–Trinajstić information content (AvgIpc) is 3.28. The zero-order valence-electron chi connectivity index (χ0n) is 41.1. The van der Waals surface area contributed by atoms with E-state index in [4.69, 9.17) is 14.2 Å². The molecule has 0 saturated carbocycles. The van der Waals surface area contributed by atoms with Crippen LogP contribution in [-0.2, 0) is 28.6 Å². The molecule has 1 atom stereocenters. The summed E-state index contributed by atoms with van der Waals surface area (Å²) in [6.45, 7) is 6.48. The van der Waals surface area contributed by atoms with Gasteiger partial charge >= 0.3 is 17.9 Å². The fourth-order valence-electron chi connectivity index (χ4n) is 6.91. The van der Waals surface area contributed by atoms with Gasteiger partial charge in [0.1, 0.15) is 13.2 Å². The first kappa shape index (κ1) is 59.6. The van der Waals surface area contributed by atoms with E-state index in [1.165, 1.54) is 122 Å². The molecule has 6 nitrogen and oxygen atoms in total. The molecule has 0 aliphatic rings. The second-order valence-corrected chi connectivity index (χ2v) is 17.1. The third-order valence-corrected chi connectivity index (χ3v) is 10.9. The number of rotatable bonds is 46.